The zero-order valence-electron chi connectivity index (χ0n) is 12.2. The maximum atomic E-state index is 12.1. The normalized spacial score (nSPS) is 10.6. The number of carbonyl (C=O) groups excluding carboxylic acids is 1. The molecule has 0 saturated carbocycles. The van der Waals surface area contributed by atoms with Crippen molar-refractivity contribution in [2.45, 2.75) is 20.0 Å². The van der Waals surface area contributed by atoms with Crippen molar-refractivity contribution >= 4 is 5.91 Å². The minimum atomic E-state index is -0.269. The first kappa shape index (κ1) is 14.1. The van der Waals surface area contributed by atoms with Gasteiger partial charge in [-0.15, -0.1) is 0 Å². The fourth-order valence-electron chi connectivity index (χ4n) is 2.18. The molecule has 3 aromatic rings. The first-order valence-electron chi connectivity index (χ1n) is 7.09. The Morgan fingerprint density at radius 2 is 2.09 bits per heavy atom. The molecule has 1 N–H and O–H groups in total. The second-order valence-corrected chi connectivity index (χ2v) is 4.76. The summed E-state index contributed by atoms with van der Waals surface area (Å²) in [5, 5.41) is 10.8. The third-order valence-corrected chi connectivity index (χ3v) is 3.34. The lowest BCUT2D eigenvalue weighted by Crippen LogP contribution is -2.24. The fourth-order valence-corrected chi connectivity index (χ4v) is 2.18. The van der Waals surface area contributed by atoms with Gasteiger partial charge in [-0.3, -0.25) is 9.48 Å². The number of hydrogen-bond donors (Lipinski definition) is 1. The number of aromatic nitrogens is 3. The van der Waals surface area contributed by atoms with E-state index in [9.17, 15) is 4.79 Å². The van der Waals surface area contributed by atoms with E-state index in [0.717, 1.165) is 17.8 Å². The quantitative estimate of drug-likeness (QED) is 0.785. The summed E-state index contributed by atoms with van der Waals surface area (Å²) in [7, 11) is 0. The lowest BCUT2D eigenvalue weighted by Gasteiger charge is -2.05. The van der Waals surface area contributed by atoms with Gasteiger partial charge in [0.2, 0.25) is 0 Å². The minimum Gasteiger partial charge on any atom is -0.355 e. The Balaban J connectivity index is 1.67. The second kappa shape index (κ2) is 6.26. The number of aryl methyl sites for hydroxylation is 1. The van der Waals surface area contributed by atoms with Gasteiger partial charge in [-0.05, 0) is 13.0 Å². The molecule has 0 saturated heterocycles. The van der Waals surface area contributed by atoms with E-state index in [0.29, 0.717) is 12.3 Å². The Labute approximate surface area is 127 Å². The van der Waals surface area contributed by atoms with E-state index in [1.54, 1.807) is 12.3 Å². The fraction of sp³-hybridized carbons (Fsp3) is 0.188. The monoisotopic (exact) mass is 296 g/mol. The van der Waals surface area contributed by atoms with Gasteiger partial charge in [0.25, 0.3) is 5.91 Å². The van der Waals surface area contributed by atoms with Gasteiger partial charge in [0.1, 0.15) is 0 Å². The standard InChI is InChI=1S/C16H16N4O2/c1-2-20-13(8-9-18-20)11-17-16(21)14-10-15(22-19-14)12-6-4-3-5-7-12/h3-10H,2,11H2,1H3,(H,17,21). The predicted molar refractivity (Wildman–Crippen MR) is 81.0 cm³/mol. The summed E-state index contributed by atoms with van der Waals surface area (Å²) in [4.78, 5) is 12.1. The minimum absolute atomic E-state index is 0.265. The average Bonchev–Trinajstić information content (AvgIpc) is 3.22. The Kier molecular flexibility index (Phi) is 4.00. The predicted octanol–water partition coefficient (Wildman–Crippen LogP) is 2.49. The summed E-state index contributed by atoms with van der Waals surface area (Å²) < 4.78 is 7.06. The molecule has 22 heavy (non-hydrogen) atoms. The molecule has 0 atom stereocenters. The molecular formula is C16H16N4O2. The first-order valence-corrected chi connectivity index (χ1v) is 7.09. The van der Waals surface area contributed by atoms with Crippen LogP contribution in [0.4, 0.5) is 0 Å². The summed E-state index contributed by atoms with van der Waals surface area (Å²) in [6.07, 6.45) is 1.72. The zero-order valence-corrected chi connectivity index (χ0v) is 12.2. The van der Waals surface area contributed by atoms with Gasteiger partial charge in [0, 0.05) is 24.4 Å². The highest BCUT2D eigenvalue weighted by atomic mass is 16.5. The van der Waals surface area contributed by atoms with Crippen molar-refractivity contribution in [1.82, 2.24) is 20.3 Å². The SMILES string of the molecule is CCn1nccc1CNC(=O)c1cc(-c2ccccc2)on1. The van der Waals surface area contributed by atoms with Crippen LogP contribution in [0.25, 0.3) is 11.3 Å². The average molecular weight is 296 g/mol. The highest BCUT2D eigenvalue weighted by Gasteiger charge is 2.14. The van der Waals surface area contributed by atoms with Crippen molar-refractivity contribution in [3.05, 3.63) is 60.0 Å². The van der Waals surface area contributed by atoms with Crippen LogP contribution in [0.5, 0.6) is 0 Å². The maximum absolute atomic E-state index is 12.1. The molecule has 0 fully saturated rings. The summed E-state index contributed by atoms with van der Waals surface area (Å²) in [6, 6.07) is 13.1. The molecule has 0 radical (unpaired) electrons. The molecule has 0 spiro atoms. The Morgan fingerprint density at radius 1 is 1.27 bits per heavy atom. The molecule has 6 heteroatoms. The highest BCUT2D eigenvalue weighted by Crippen LogP contribution is 2.19. The van der Waals surface area contributed by atoms with E-state index in [-0.39, 0.29) is 11.6 Å². The number of carbonyl (C=O) groups is 1. The third-order valence-electron chi connectivity index (χ3n) is 3.34. The van der Waals surface area contributed by atoms with E-state index in [4.69, 9.17) is 4.52 Å². The smallest absolute Gasteiger partial charge is 0.273 e. The van der Waals surface area contributed by atoms with Gasteiger partial charge in [-0.25, -0.2) is 0 Å². The molecule has 3 rings (SSSR count). The Morgan fingerprint density at radius 3 is 2.86 bits per heavy atom. The molecule has 2 aromatic heterocycles. The molecule has 0 unspecified atom stereocenters. The van der Waals surface area contributed by atoms with Crippen LogP contribution in [0.3, 0.4) is 0 Å². The van der Waals surface area contributed by atoms with Crippen LogP contribution in [0.1, 0.15) is 23.1 Å². The molecule has 0 aliphatic carbocycles. The number of nitrogens with zero attached hydrogens (tertiary/aromatic N) is 3. The summed E-state index contributed by atoms with van der Waals surface area (Å²) in [5.41, 5.74) is 2.10. The van der Waals surface area contributed by atoms with Gasteiger partial charge >= 0.3 is 0 Å². The number of hydrogen-bond acceptors (Lipinski definition) is 4. The van der Waals surface area contributed by atoms with Crippen LogP contribution in [-0.2, 0) is 13.1 Å². The van der Waals surface area contributed by atoms with Crippen molar-refractivity contribution in [2.75, 3.05) is 0 Å². The lowest BCUT2D eigenvalue weighted by molar-refractivity contribution is 0.0941. The van der Waals surface area contributed by atoms with Crippen LogP contribution in [0.15, 0.2) is 53.2 Å². The second-order valence-electron chi connectivity index (χ2n) is 4.76. The van der Waals surface area contributed by atoms with E-state index in [1.807, 2.05) is 48.0 Å². The van der Waals surface area contributed by atoms with E-state index < -0.39 is 0 Å². The Hall–Kier alpha value is -2.89. The van der Waals surface area contributed by atoms with Gasteiger partial charge < -0.3 is 9.84 Å². The van der Waals surface area contributed by atoms with E-state index >= 15 is 0 Å². The van der Waals surface area contributed by atoms with Crippen molar-refractivity contribution in [2.24, 2.45) is 0 Å². The van der Waals surface area contributed by atoms with Crippen molar-refractivity contribution < 1.29 is 9.32 Å². The van der Waals surface area contributed by atoms with Gasteiger partial charge in [-0.2, -0.15) is 5.10 Å². The molecule has 1 aromatic carbocycles. The van der Waals surface area contributed by atoms with Gasteiger partial charge in [0.05, 0.1) is 12.2 Å². The van der Waals surface area contributed by atoms with Crippen LogP contribution >= 0.6 is 0 Å². The zero-order chi connectivity index (χ0) is 15.4. The van der Waals surface area contributed by atoms with Crippen molar-refractivity contribution in [1.29, 1.82) is 0 Å². The molecule has 1 amide bonds. The van der Waals surface area contributed by atoms with Crippen LogP contribution < -0.4 is 5.32 Å². The number of benzene rings is 1. The molecule has 2 heterocycles. The molecule has 6 nitrogen and oxygen atoms in total. The first-order chi connectivity index (χ1) is 10.8. The maximum Gasteiger partial charge on any atom is 0.273 e. The molecule has 0 bridgehead atoms. The van der Waals surface area contributed by atoms with E-state index in [2.05, 4.69) is 15.6 Å². The molecule has 0 aliphatic rings. The summed E-state index contributed by atoms with van der Waals surface area (Å²) in [5.74, 6) is 0.305. The van der Waals surface area contributed by atoms with Crippen LogP contribution in [0, 0.1) is 0 Å². The molecular weight excluding hydrogens is 280 g/mol. The van der Waals surface area contributed by atoms with Gasteiger partial charge in [0.15, 0.2) is 11.5 Å². The molecule has 112 valence electrons. The topological polar surface area (TPSA) is 73.0 Å². The van der Waals surface area contributed by atoms with Crippen LogP contribution in [-0.4, -0.2) is 20.8 Å². The van der Waals surface area contributed by atoms with Crippen molar-refractivity contribution in [3.63, 3.8) is 0 Å². The largest absolute Gasteiger partial charge is 0.355 e. The number of amides is 1. The third kappa shape index (κ3) is 2.90. The molecule has 0 aliphatic heterocycles. The Bertz CT molecular complexity index is 761. The summed E-state index contributed by atoms with van der Waals surface area (Å²) in [6.45, 7) is 3.17. The van der Waals surface area contributed by atoms with Gasteiger partial charge in [-0.1, -0.05) is 35.5 Å². The van der Waals surface area contributed by atoms with Crippen molar-refractivity contribution in [3.8, 4) is 11.3 Å². The van der Waals surface area contributed by atoms with Crippen LogP contribution in [0.2, 0.25) is 0 Å². The summed E-state index contributed by atoms with van der Waals surface area (Å²) >= 11 is 0. The number of rotatable bonds is 5. The lowest BCUT2D eigenvalue weighted by atomic mass is 10.1. The number of nitrogens with one attached hydrogen (secondary N) is 1. The van der Waals surface area contributed by atoms with E-state index in [1.165, 1.54) is 0 Å². The highest BCUT2D eigenvalue weighted by molar-refractivity contribution is 5.93.